The van der Waals surface area contributed by atoms with Crippen molar-refractivity contribution in [2.75, 3.05) is 30.6 Å². The van der Waals surface area contributed by atoms with Crippen LogP contribution in [0.1, 0.15) is 35.1 Å². The highest BCUT2D eigenvalue weighted by Gasteiger charge is 2.28. The van der Waals surface area contributed by atoms with Crippen LogP contribution in [0.3, 0.4) is 0 Å². The first-order chi connectivity index (χ1) is 13.2. The van der Waals surface area contributed by atoms with Crippen LogP contribution < -0.4 is 11.1 Å². The number of hydrogen-bond acceptors (Lipinski definition) is 9. The van der Waals surface area contributed by atoms with Crippen molar-refractivity contribution in [3.05, 3.63) is 19.0 Å². The maximum absolute atomic E-state index is 12.8. The minimum absolute atomic E-state index is 0. The fourth-order valence-electron chi connectivity index (χ4n) is 2.48. The van der Waals surface area contributed by atoms with Crippen molar-refractivity contribution in [1.29, 1.82) is 0 Å². The van der Waals surface area contributed by atoms with E-state index in [2.05, 4.69) is 26.8 Å². The third-order valence-electron chi connectivity index (χ3n) is 3.36. The lowest BCUT2D eigenvalue weighted by Crippen LogP contribution is -2.14. The number of fused-ring (bicyclic) bond motifs is 1. The SMILES string of the molecule is C.C=CCNc1nc(N)nc2c1ncn2CCOCP(=O)(OC(C)C)OC(C)C. The molecule has 10 nitrogen and oxygen atoms in total. The average molecular weight is 428 g/mol. The molecule has 0 radical (unpaired) electrons. The number of nitrogens with zero attached hydrogens (tertiary/aromatic N) is 4. The maximum Gasteiger partial charge on any atom is 0.356 e. The highest BCUT2D eigenvalue weighted by atomic mass is 31.2. The molecule has 2 heterocycles. The van der Waals surface area contributed by atoms with Gasteiger partial charge in [-0.15, -0.1) is 6.58 Å². The minimum Gasteiger partial charge on any atom is -0.368 e. The van der Waals surface area contributed by atoms with Gasteiger partial charge in [-0.3, -0.25) is 4.57 Å². The summed E-state index contributed by atoms with van der Waals surface area (Å²) in [6.45, 7) is 12.1. The van der Waals surface area contributed by atoms with Gasteiger partial charge in [0.05, 0.1) is 25.1 Å². The second-order valence-electron chi connectivity index (χ2n) is 6.67. The van der Waals surface area contributed by atoms with Crippen LogP contribution in [0.5, 0.6) is 0 Å². The highest BCUT2D eigenvalue weighted by Crippen LogP contribution is 2.50. The fraction of sp³-hybridized carbons (Fsp3) is 0.611. The lowest BCUT2D eigenvalue weighted by Gasteiger charge is -2.22. The normalized spacial score (nSPS) is 11.8. The molecule has 0 aliphatic heterocycles. The van der Waals surface area contributed by atoms with Crippen molar-refractivity contribution in [3.63, 3.8) is 0 Å². The number of aromatic nitrogens is 4. The molecule has 11 heteroatoms. The Labute approximate surface area is 172 Å². The van der Waals surface area contributed by atoms with Crippen molar-refractivity contribution in [2.45, 2.75) is 53.9 Å². The van der Waals surface area contributed by atoms with Gasteiger partial charge in [0.2, 0.25) is 5.95 Å². The Morgan fingerprint density at radius 1 is 1.28 bits per heavy atom. The zero-order chi connectivity index (χ0) is 20.7. The van der Waals surface area contributed by atoms with Gasteiger partial charge in [-0.2, -0.15) is 9.97 Å². The van der Waals surface area contributed by atoms with Gasteiger partial charge in [-0.1, -0.05) is 13.5 Å². The summed E-state index contributed by atoms with van der Waals surface area (Å²) in [7, 11) is -3.33. The molecule has 0 saturated carbocycles. The number of rotatable bonds is 12. The summed E-state index contributed by atoms with van der Waals surface area (Å²) in [5, 5.41) is 3.09. The van der Waals surface area contributed by atoms with Crippen molar-refractivity contribution >= 4 is 30.5 Å². The van der Waals surface area contributed by atoms with E-state index in [0.717, 1.165) is 0 Å². The van der Waals surface area contributed by atoms with Crippen LogP contribution in [0.2, 0.25) is 0 Å². The molecule has 164 valence electrons. The Balaban J connectivity index is 0.00000420. The molecule has 0 bridgehead atoms. The summed E-state index contributed by atoms with van der Waals surface area (Å²) in [6, 6.07) is 0. The predicted octanol–water partition coefficient (Wildman–Crippen LogP) is 3.66. The largest absolute Gasteiger partial charge is 0.368 e. The van der Waals surface area contributed by atoms with E-state index in [1.807, 2.05) is 0 Å². The number of hydrogen-bond donors (Lipinski definition) is 2. The van der Waals surface area contributed by atoms with E-state index in [1.54, 1.807) is 44.7 Å². The van der Waals surface area contributed by atoms with Crippen LogP contribution in [0.25, 0.3) is 11.2 Å². The third kappa shape index (κ3) is 7.40. The fourth-order valence-corrected chi connectivity index (χ4v) is 4.29. The molecule has 0 unspecified atom stereocenters. The summed E-state index contributed by atoms with van der Waals surface area (Å²) in [5.74, 6) is 0.684. The van der Waals surface area contributed by atoms with Crippen molar-refractivity contribution in [1.82, 2.24) is 19.5 Å². The van der Waals surface area contributed by atoms with Crippen LogP contribution >= 0.6 is 7.60 Å². The molecule has 0 fully saturated rings. The third-order valence-corrected chi connectivity index (χ3v) is 5.35. The minimum atomic E-state index is -3.33. The van der Waals surface area contributed by atoms with Gasteiger partial charge in [0.25, 0.3) is 0 Å². The summed E-state index contributed by atoms with van der Waals surface area (Å²) >= 11 is 0. The Morgan fingerprint density at radius 2 is 1.93 bits per heavy atom. The molecule has 0 saturated heterocycles. The molecule has 3 N–H and O–H groups in total. The molecule has 0 aromatic carbocycles. The van der Waals surface area contributed by atoms with Gasteiger partial charge in [0, 0.05) is 13.1 Å². The first-order valence-corrected chi connectivity index (χ1v) is 10.8. The molecule has 0 amide bonds. The predicted molar refractivity (Wildman–Crippen MR) is 116 cm³/mol. The number of nitrogens with two attached hydrogens (primary N) is 1. The molecule has 0 aliphatic carbocycles. The van der Waals surface area contributed by atoms with Gasteiger partial charge < -0.3 is 29.4 Å². The van der Waals surface area contributed by atoms with Crippen LogP contribution in [0, 0.1) is 0 Å². The maximum atomic E-state index is 12.8. The monoisotopic (exact) mass is 428 g/mol. The van der Waals surface area contributed by atoms with Crippen molar-refractivity contribution < 1.29 is 18.3 Å². The first-order valence-electron chi connectivity index (χ1n) is 9.11. The smallest absolute Gasteiger partial charge is 0.356 e. The summed E-state index contributed by atoms with van der Waals surface area (Å²) < 4.78 is 31.1. The molecule has 29 heavy (non-hydrogen) atoms. The number of anilines is 2. The average Bonchev–Trinajstić information content (AvgIpc) is 2.98. The van der Waals surface area contributed by atoms with E-state index in [1.165, 1.54) is 0 Å². The quantitative estimate of drug-likeness (QED) is 0.296. The van der Waals surface area contributed by atoms with Crippen LogP contribution in [0.15, 0.2) is 19.0 Å². The summed E-state index contributed by atoms with van der Waals surface area (Å²) in [6.07, 6.45) is 2.76. The lowest BCUT2D eigenvalue weighted by molar-refractivity contribution is 0.0961. The van der Waals surface area contributed by atoms with Gasteiger partial charge in [0.15, 0.2) is 17.0 Å². The van der Waals surface area contributed by atoms with E-state index in [0.29, 0.717) is 30.1 Å². The molecule has 0 atom stereocenters. The zero-order valence-electron chi connectivity index (χ0n) is 16.8. The van der Waals surface area contributed by atoms with E-state index in [-0.39, 0.29) is 38.5 Å². The van der Waals surface area contributed by atoms with Crippen LogP contribution in [-0.2, 0) is 24.9 Å². The van der Waals surface area contributed by atoms with Crippen LogP contribution in [0.4, 0.5) is 11.8 Å². The second-order valence-corrected chi connectivity index (χ2v) is 8.57. The Hall–Kier alpha value is -2.00. The van der Waals surface area contributed by atoms with Crippen LogP contribution in [-0.4, -0.2) is 51.2 Å². The lowest BCUT2D eigenvalue weighted by atomic mass is 10.4. The van der Waals surface area contributed by atoms with Crippen molar-refractivity contribution in [3.8, 4) is 0 Å². The first kappa shape index (κ1) is 25.0. The topological polar surface area (TPSA) is 126 Å². The second kappa shape index (κ2) is 11.3. The highest BCUT2D eigenvalue weighted by molar-refractivity contribution is 7.53. The number of ether oxygens (including phenoxy) is 1. The molecular formula is C18H33N6O4P. The van der Waals surface area contributed by atoms with E-state index in [4.69, 9.17) is 19.5 Å². The molecule has 0 spiro atoms. The number of nitrogens with one attached hydrogen (secondary N) is 1. The van der Waals surface area contributed by atoms with E-state index < -0.39 is 7.60 Å². The number of imidazole rings is 1. The number of nitrogen functional groups attached to an aromatic ring is 1. The summed E-state index contributed by atoms with van der Waals surface area (Å²) in [5.41, 5.74) is 6.99. The van der Waals surface area contributed by atoms with E-state index >= 15 is 0 Å². The molecular weight excluding hydrogens is 395 g/mol. The molecule has 0 aliphatic rings. The van der Waals surface area contributed by atoms with Gasteiger partial charge in [0.1, 0.15) is 6.35 Å². The molecule has 2 aromatic rings. The Kier molecular flexibility index (Phi) is 9.72. The van der Waals surface area contributed by atoms with Gasteiger partial charge >= 0.3 is 7.60 Å². The molecule has 2 aromatic heterocycles. The van der Waals surface area contributed by atoms with E-state index in [9.17, 15) is 4.57 Å². The Bertz CT molecular complexity index is 825. The standard InChI is InChI=1S/C17H29N6O4P.CH4/c1-6-7-19-15-14-16(22-17(18)21-15)23(10-20-14)8-9-25-11-28(24,26-12(2)3)27-13(4)5;/h6,10,12-13H,1,7-9,11H2,2-5H3,(H3,18,19,21,22);1H4. The van der Waals surface area contributed by atoms with Gasteiger partial charge in [-0.25, -0.2) is 4.98 Å². The molecule has 2 rings (SSSR count). The Morgan fingerprint density at radius 3 is 2.52 bits per heavy atom. The van der Waals surface area contributed by atoms with Gasteiger partial charge in [-0.05, 0) is 27.7 Å². The summed E-state index contributed by atoms with van der Waals surface area (Å²) in [4.78, 5) is 12.8. The van der Waals surface area contributed by atoms with Crippen molar-refractivity contribution in [2.24, 2.45) is 0 Å². The zero-order valence-corrected chi connectivity index (χ0v) is 17.7.